The van der Waals surface area contributed by atoms with E-state index in [0.29, 0.717) is 13.2 Å². The largest absolute Gasteiger partial charge is 0.374 e. The van der Waals surface area contributed by atoms with E-state index >= 15 is 0 Å². The van der Waals surface area contributed by atoms with E-state index in [9.17, 15) is 4.79 Å². The first-order valence-electron chi connectivity index (χ1n) is 8.20. The number of carbonyl (C=O) groups is 1. The lowest BCUT2D eigenvalue weighted by atomic mass is 9.99. The van der Waals surface area contributed by atoms with E-state index in [1.54, 1.807) is 6.92 Å². The molecule has 2 unspecified atom stereocenters. The van der Waals surface area contributed by atoms with Crippen LogP contribution in [0.1, 0.15) is 13.3 Å². The van der Waals surface area contributed by atoms with Crippen LogP contribution in [0.3, 0.4) is 0 Å². The van der Waals surface area contributed by atoms with Crippen molar-refractivity contribution < 1.29 is 9.53 Å². The molecule has 1 aromatic carbocycles. The fraction of sp³-hybridized carbons (Fsp3) is 0.529. The molecule has 0 spiro atoms. The molecule has 6 heteroatoms. The summed E-state index contributed by atoms with van der Waals surface area (Å²) in [6.07, 6.45) is 1.08. The first-order valence-corrected chi connectivity index (χ1v) is 8.20. The second-order valence-electron chi connectivity index (χ2n) is 6.38. The summed E-state index contributed by atoms with van der Waals surface area (Å²) in [6.45, 7) is 4.67. The number of hydrogen-bond acceptors (Lipinski definition) is 4. The predicted molar refractivity (Wildman–Crippen MR) is 88.5 cm³/mol. The van der Waals surface area contributed by atoms with Gasteiger partial charge in [-0.05, 0) is 18.6 Å². The summed E-state index contributed by atoms with van der Waals surface area (Å²) in [4.78, 5) is 21.0. The maximum atomic E-state index is 11.9. The number of amides is 1. The molecular formula is C17H22N4O2. The molecule has 4 rings (SSSR count). The summed E-state index contributed by atoms with van der Waals surface area (Å²) in [5.74, 6) is 1.11. The number of ether oxygens (including phenoxy) is 1. The number of carbonyl (C=O) groups excluding carboxylic acids is 1. The fourth-order valence-corrected chi connectivity index (χ4v) is 3.86. The summed E-state index contributed by atoms with van der Waals surface area (Å²) in [5.41, 5.74) is 2.14. The molecule has 23 heavy (non-hydrogen) atoms. The van der Waals surface area contributed by atoms with Gasteiger partial charge in [0.25, 0.3) is 0 Å². The molecule has 3 heterocycles. The van der Waals surface area contributed by atoms with Gasteiger partial charge < -0.3 is 19.1 Å². The molecule has 6 nitrogen and oxygen atoms in total. The second kappa shape index (κ2) is 5.53. The Balaban J connectivity index is 1.64. The van der Waals surface area contributed by atoms with E-state index in [4.69, 9.17) is 9.72 Å². The van der Waals surface area contributed by atoms with Crippen LogP contribution in [0.4, 0.5) is 5.95 Å². The quantitative estimate of drug-likeness (QED) is 0.798. The smallest absolute Gasteiger partial charge is 0.219 e. The number of rotatable bonds is 1. The van der Waals surface area contributed by atoms with Gasteiger partial charge in [-0.3, -0.25) is 4.79 Å². The van der Waals surface area contributed by atoms with Crippen LogP contribution in [-0.2, 0) is 16.6 Å². The van der Waals surface area contributed by atoms with Crippen molar-refractivity contribution in [3.05, 3.63) is 24.3 Å². The fourth-order valence-electron chi connectivity index (χ4n) is 3.86. The minimum atomic E-state index is 0.120. The second-order valence-corrected chi connectivity index (χ2v) is 6.38. The summed E-state index contributed by atoms with van der Waals surface area (Å²) in [6, 6.07) is 8.29. The Morgan fingerprint density at radius 3 is 2.91 bits per heavy atom. The molecule has 2 atom stereocenters. The summed E-state index contributed by atoms with van der Waals surface area (Å²) in [7, 11) is 2.05. The van der Waals surface area contributed by atoms with Crippen molar-refractivity contribution in [2.75, 3.05) is 31.1 Å². The number of benzene rings is 1. The van der Waals surface area contributed by atoms with E-state index in [-0.39, 0.29) is 18.1 Å². The predicted octanol–water partition coefficient (Wildman–Crippen LogP) is 1.40. The number of imidazole rings is 1. The van der Waals surface area contributed by atoms with Crippen molar-refractivity contribution in [2.45, 2.75) is 25.5 Å². The number of para-hydroxylation sites is 2. The highest BCUT2D eigenvalue weighted by atomic mass is 16.5. The van der Waals surface area contributed by atoms with Crippen molar-refractivity contribution in [1.82, 2.24) is 14.5 Å². The molecule has 2 saturated heterocycles. The zero-order valence-electron chi connectivity index (χ0n) is 13.6. The summed E-state index contributed by atoms with van der Waals surface area (Å²) in [5, 5.41) is 0. The van der Waals surface area contributed by atoms with Crippen molar-refractivity contribution >= 4 is 22.9 Å². The first kappa shape index (κ1) is 14.5. The van der Waals surface area contributed by atoms with Gasteiger partial charge in [0, 0.05) is 33.6 Å². The van der Waals surface area contributed by atoms with Crippen molar-refractivity contribution in [3.8, 4) is 0 Å². The third-order valence-corrected chi connectivity index (χ3v) is 5.04. The lowest BCUT2D eigenvalue weighted by Gasteiger charge is -2.46. The van der Waals surface area contributed by atoms with Crippen LogP contribution < -0.4 is 4.90 Å². The van der Waals surface area contributed by atoms with Crippen LogP contribution in [0.5, 0.6) is 0 Å². The average Bonchev–Trinajstić information content (AvgIpc) is 2.91. The van der Waals surface area contributed by atoms with E-state index in [1.807, 2.05) is 23.1 Å². The Labute approximate surface area is 135 Å². The van der Waals surface area contributed by atoms with Gasteiger partial charge in [-0.15, -0.1) is 0 Å². The van der Waals surface area contributed by atoms with Gasteiger partial charge in [-0.1, -0.05) is 12.1 Å². The molecular weight excluding hydrogens is 292 g/mol. The summed E-state index contributed by atoms with van der Waals surface area (Å²) >= 11 is 0. The molecule has 1 aromatic heterocycles. The van der Waals surface area contributed by atoms with E-state index in [2.05, 4.69) is 22.6 Å². The van der Waals surface area contributed by atoms with Crippen LogP contribution in [0.2, 0.25) is 0 Å². The van der Waals surface area contributed by atoms with Gasteiger partial charge in [0.2, 0.25) is 11.9 Å². The standard InChI is InChI=1S/C17H22N4O2/c1-12(22)21-9-10-23-16-7-8-20(11-15(16)21)17-18-13-5-3-4-6-14(13)19(17)2/h3-6,15-16H,7-11H2,1-2H3. The van der Waals surface area contributed by atoms with Crippen molar-refractivity contribution in [2.24, 2.45) is 7.05 Å². The minimum Gasteiger partial charge on any atom is -0.374 e. The molecule has 0 N–H and O–H groups in total. The van der Waals surface area contributed by atoms with Gasteiger partial charge >= 0.3 is 0 Å². The highest BCUT2D eigenvalue weighted by molar-refractivity contribution is 5.78. The lowest BCUT2D eigenvalue weighted by Crippen LogP contribution is -2.61. The molecule has 2 aliphatic heterocycles. The topological polar surface area (TPSA) is 50.6 Å². The summed E-state index contributed by atoms with van der Waals surface area (Å²) < 4.78 is 8.02. The van der Waals surface area contributed by atoms with Gasteiger partial charge in [-0.25, -0.2) is 4.98 Å². The SMILES string of the molecule is CC(=O)N1CCOC2CCN(c3nc4ccccc4n3C)CC21. The number of fused-ring (bicyclic) bond motifs is 2. The van der Waals surface area contributed by atoms with Crippen LogP contribution >= 0.6 is 0 Å². The number of aryl methyl sites for hydroxylation is 1. The number of hydrogen-bond donors (Lipinski definition) is 0. The molecule has 2 aromatic rings. The lowest BCUT2D eigenvalue weighted by molar-refractivity contribution is -0.145. The van der Waals surface area contributed by atoms with Gasteiger partial charge in [-0.2, -0.15) is 0 Å². The van der Waals surface area contributed by atoms with Gasteiger partial charge in [0.15, 0.2) is 0 Å². The van der Waals surface area contributed by atoms with Crippen LogP contribution in [0, 0.1) is 0 Å². The Morgan fingerprint density at radius 1 is 1.30 bits per heavy atom. The Morgan fingerprint density at radius 2 is 2.13 bits per heavy atom. The Kier molecular flexibility index (Phi) is 3.49. The van der Waals surface area contributed by atoms with Gasteiger partial charge in [0.05, 0.1) is 29.8 Å². The van der Waals surface area contributed by atoms with Crippen molar-refractivity contribution in [3.63, 3.8) is 0 Å². The maximum Gasteiger partial charge on any atom is 0.219 e. The Bertz CT molecular complexity index is 741. The van der Waals surface area contributed by atoms with Crippen LogP contribution in [-0.4, -0.2) is 58.7 Å². The number of piperidine rings is 1. The molecule has 0 aliphatic carbocycles. The van der Waals surface area contributed by atoms with Crippen LogP contribution in [0.15, 0.2) is 24.3 Å². The number of morpholine rings is 1. The monoisotopic (exact) mass is 314 g/mol. The highest BCUT2D eigenvalue weighted by Crippen LogP contribution is 2.28. The molecule has 1 amide bonds. The van der Waals surface area contributed by atoms with E-state index in [0.717, 1.165) is 36.5 Å². The van der Waals surface area contributed by atoms with E-state index in [1.165, 1.54) is 0 Å². The molecule has 2 fully saturated rings. The average molecular weight is 314 g/mol. The third kappa shape index (κ3) is 2.37. The van der Waals surface area contributed by atoms with Crippen LogP contribution in [0.25, 0.3) is 11.0 Å². The Hall–Kier alpha value is -2.08. The zero-order valence-corrected chi connectivity index (χ0v) is 13.6. The molecule has 2 aliphatic rings. The molecule has 122 valence electrons. The number of nitrogens with zero attached hydrogens (tertiary/aromatic N) is 4. The minimum absolute atomic E-state index is 0.120. The molecule has 0 radical (unpaired) electrons. The molecule has 0 saturated carbocycles. The highest BCUT2D eigenvalue weighted by Gasteiger charge is 2.39. The maximum absolute atomic E-state index is 11.9. The zero-order chi connectivity index (χ0) is 16.0. The van der Waals surface area contributed by atoms with Gasteiger partial charge in [0.1, 0.15) is 0 Å². The third-order valence-electron chi connectivity index (χ3n) is 5.04. The first-order chi connectivity index (χ1) is 11.1. The number of aromatic nitrogens is 2. The number of anilines is 1. The van der Waals surface area contributed by atoms with E-state index < -0.39 is 0 Å². The normalized spacial score (nSPS) is 24.8. The van der Waals surface area contributed by atoms with Crippen molar-refractivity contribution in [1.29, 1.82) is 0 Å². The molecule has 0 bridgehead atoms.